The van der Waals surface area contributed by atoms with Gasteiger partial charge in [-0.05, 0) is 13.3 Å². The van der Waals surface area contributed by atoms with E-state index in [1.807, 2.05) is 0 Å². The highest BCUT2D eigenvalue weighted by Crippen LogP contribution is 2.09. The smallest absolute Gasteiger partial charge is 0.333 e. The van der Waals surface area contributed by atoms with Gasteiger partial charge < -0.3 is 9.84 Å². The van der Waals surface area contributed by atoms with Gasteiger partial charge in [-0.25, -0.2) is 4.79 Å². The SMILES string of the molecule is C=C(C)C(=O)OCC(CO)CCCC. The predicted octanol–water partition coefficient (Wildman–Crippen LogP) is 1.90. The summed E-state index contributed by atoms with van der Waals surface area (Å²) in [7, 11) is 0. The number of aliphatic hydroxyl groups is 1. The lowest BCUT2D eigenvalue weighted by atomic mass is 10.0. The largest absolute Gasteiger partial charge is 0.462 e. The number of carbonyl (C=O) groups excluding carboxylic acids is 1. The van der Waals surface area contributed by atoms with Crippen molar-refractivity contribution in [2.75, 3.05) is 13.2 Å². The molecule has 0 heterocycles. The Kier molecular flexibility index (Phi) is 7.11. The van der Waals surface area contributed by atoms with Crippen LogP contribution in [0.5, 0.6) is 0 Å². The molecule has 3 heteroatoms. The van der Waals surface area contributed by atoms with Crippen molar-refractivity contribution in [3.63, 3.8) is 0 Å². The molecular formula is C11H20O3. The first-order valence-electron chi connectivity index (χ1n) is 5.05. The Hall–Kier alpha value is -0.830. The second kappa shape index (κ2) is 7.56. The minimum atomic E-state index is -0.375. The van der Waals surface area contributed by atoms with Crippen LogP contribution >= 0.6 is 0 Å². The molecule has 0 fully saturated rings. The zero-order valence-corrected chi connectivity index (χ0v) is 9.08. The summed E-state index contributed by atoms with van der Waals surface area (Å²) >= 11 is 0. The van der Waals surface area contributed by atoms with Gasteiger partial charge in [-0.15, -0.1) is 0 Å². The molecule has 0 saturated carbocycles. The van der Waals surface area contributed by atoms with E-state index in [-0.39, 0.29) is 18.5 Å². The monoisotopic (exact) mass is 200 g/mol. The van der Waals surface area contributed by atoms with Crippen molar-refractivity contribution in [2.45, 2.75) is 33.1 Å². The maximum atomic E-state index is 11.0. The van der Waals surface area contributed by atoms with Crippen molar-refractivity contribution in [1.29, 1.82) is 0 Å². The van der Waals surface area contributed by atoms with E-state index in [1.54, 1.807) is 6.92 Å². The molecule has 1 N–H and O–H groups in total. The third-order valence-electron chi connectivity index (χ3n) is 2.02. The fourth-order valence-electron chi connectivity index (χ4n) is 1.04. The maximum absolute atomic E-state index is 11.0. The van der Waals surface area contributed by atoms with E-state index in [0.717, 1.165) is 19.3 Å². The molecule has 3 nitrogen and oxygen atoms in total. The number of hydrogen-bond acceptors (Lipinski definition) is 3. The zero-order valence-electron chi connectivity index (χ0n) is 9.08. The molecule has 82 valence electrons. The first-order valence-corrected chi connectivity index (χ1v) is 5.05. The van der Waals surface area contributed by atoms with E-state index in [0.29, 0.717) is 12.2 Å². The maximum Gasteiger partial charge on any atom is 0.333 e. The van der Waals surface area contributed by atoms with Gasteiger partial charge in [0.05, 0.1) is 6.61 Å². The summed E-state index contributed by atoms with van der Waals surface area (Å²) in [6.07, 6.45) is 3.04. The standard InChI is InChI=1S/C11H20O3/c1-4-5-6-10(7-12)8-14-11(13)9(2)3/h10,12H,2,4-8H2,1,3H3. The summed E-state index contributed by atoms with van der Waals surface area (Å²) in [5, 5.41) is 8.99. The van der Waals surface area contributed by atoms with E-state index in [1.165, 1.54) is 0 Å². The van der Waals surface area contributed by atoms with Crippen molar-refractivity contribution in [1.82, 2.24) is 0 Å². The Morgan fingerprint density at radius 3 is 2.64 bits per heavy atom. The number of rotatable bonds is 7. The van der Waals surface area contributed by atoms with Crippen LogP contribution < -0.4 is 0 Å². The van der Waals surface area contributed by atoms with E-state index in [4.69, 9.17) is 9.84 Å². The number of esters is 1. The molecule has 0 aromatic heterocycles. The Balaban J connectivity index is 3.71. The number of ether oxygens (including phenoxy) is 1. The second-order valence-corrected chi connectivity index (χ2v) is 3.57. The lowest BCUT2D eigenvalue weighted by molar-refractivity contribution is -0.140. The molecule has 0 spiro atoms. The van der Waals surface area contributed by atoms with Crippen LogP contribution in [0, 0.1) is 5.92 Å². The average Bonchev–Trinajstić information content (AvgIpc) is 2.17. The van der Waals surface area contributed by atoms with Gasteiger partial charge in [0.1, 0.15) is 0 Å². The number of hydrogen-bond donors (Lipinski definition) is 1. The lowest BCUT2D eigenvalue weighted by Gasteiger charge is -2.13. The molecule has 0 aliphatic heterocycles. The summed E-state index contributed by atoms with van der Waals surface area (Å²) in [6.45, 7) is 7.56. The van der Waals surface area contributed by atoms with Gasteiger partial charge in [-0.3, -0.25) is 0 Å². The minimum absolute atomic E-state index is 0.0678. The summed E-state index contributed by atoms with van der Waals surface area (Å²) in [5.41, 5.74) is 0.400. The highest BCUT2D eigenvalue weighted by atomic mass is 16.5. The molecule has 0 bridgehead atoms. The summed E-state index contributed by atoms with van der Waals surface area (Å²) in [6, 6.07) is 0. The molecule has 1 unspecified atom stereocenters. The predicted molar refractivity (Wildman–Crippen MR) is 55.9 cm³/mol. The summed E-state index contributed by atoms with van der Waals surface area (Å²) in [4.78, 5) is 11.0. The molecule has 0 aliphatic carbocycles. The van der Waals surface area contributed by atoms with Crippen LogP contribution in [0.4, 0.5) is 0 Å². The summed E-state index contributed by atoms with van der Waals surface area (Å²) < 4.78 is 4.96. The van der Waals surface area contributed by atoms with Gasteiger partial charge in [0.15, 0.2) is 0 Å². The van der Waals surface area contributed by atoms with Gasteiger partial charge in [-0.2, -0.15) is 0 Å². The van der Waals surface area contributed by atoms with Crippen LogP contribution in [0.25, 0.3) is 0 Å². The Bertz CT molecular complexity index is 187. The van der Waals surface area contributed by atoms with Gasteiger partial charge >= 0.3 is 5.97 Å². The van der Waals surface area contributed by atoms with Crippen molar-refractivity contribution in [2.24, 2.45) is 5.92 Å². The molecule has 0 aliphatic rings. The van der Waals surface area contributed by atoms with Crippen LogP contribution in [0.2, 0.25) is 0 Å². The molecular weight excluding hydrogens is 180 g/mol. The average molecular weight is 200 g/mol. The van der Waals surface area contributed by atoms with Crippen LogP contribution in [-0.4, -0.2) is 24.3 Å². The third kappa shape index (κ3) is 5.75. The van der Waals surface area contributed by atoms with Crippen LogP contribution in [0.1, 0.15) is 33.1 Å². The van der Waals surface area contributed by atoms with Crippen molar-refractivity contribution in [3.05, 3.63) is 12.2 Å². The van der Waals surface area contributed by atoms with Gasteiger partial charge in [0.25, 0.3) is 0 Å². The highest BCUT2D eigenvalue weighted by molar-refractivity contribution is 5.86. The van der Waals surface area contributed by atoms with Crippen molar-refractivity contribution in [3.8, 4) is 0 Å². The van der Waals surface area contributed by atoms with Crippen LogP contribution in [-0.2, 0) is 9.53 Å². The number of aliphatic hydroxyl groups excluding tert-OH is 1. The highest BCUT2D eigenvalue weighted by Gasteiger charge is 2.10. The van der Waals surface area contributed by atoms with Gasteiger partial charge in [-0.1, -0.05) is 26.3 Å². The van der Waals surface area contributed by atoms with Gasteiger partial charge in [0, 0.05) is 18.1 Å². The molecule has 0 aromatic rings. The topological polar surface area (TPSA) is 46.5 Å². The first kappa shape index (κ1) is 13.2. The van der Waals surface area contributed by atoms with Crippen molar-refractivity contribution < 1.29 is 14.6 Å². The van der Waals surface area contributed by atoms with Gasteiger partial charge in [0.2, 0.25) is 0 Å². The van der Waals surface area contributed by atoms with Crippen LogP contribution in [0.3, 0.4) is 0 Å². The molecule has 1 atom stereocenters. The summed E-state index contributed by atoms with van der Waals surface area (Å²) in [5.74, 6) is -0.307. The Labute approximate surface area is 85.8 Å². The number of carbonyl (C=O) groups is 1. The molecule has 14 heavy (non-hydrogen) atoms. The molecule has 0 aromatic carbocycles. The Morgan fingerprint density at radius 2 is 2.21 bits per heavy atom. The Morgan fingerprint density at radius 1 is 1.57 bits per heavy atom. The van der Waals surface area contributed by atoms with Crippen LogP contribution in [0.15, 0.2) is 12.2 Å². The quantitative estimate of drug-likeness (QED) is 0.504. The minimum Gasteiger partial charge on any atom is -0.462 e. The molecule has 0 amide bonds. The fraction of sp³-hybridized carbons (Fsp3) is 0.727. The lowest BCUT2D eigenvalue weighted by Crippen LogP contribution is -2.17. The van der Waals surface area contributed by atoms with E-state index in [9.17, 15) is 4.79 Å². The van der Waals surface area contributed by atoms with Crippen molar-refractivity contribution >= 4 is 5.97 Å². The van der Waals surface area contributed by atoms with E-state index < -0.39 is 0 Å². The molecule has 0 rings (SSSR count). The third-order valence-corrected chi connectivity index (χ3v) is 2.02. The molecule has 0 saturated heterocycles. The van der Waals surface area contributed by atoms with E-state index in [2.05, 4.69) is 13.5 Å². The molecule has 0 radical (unpaired) electrons. The number of unbranched alkanes of at least 4 members (excludes halogenated alkanes) is 1. The zero-order chi connectivity index (χ0) is 11.0. The normalized spacial score (nSPS) is 12.2. The van der Waals surface area contributed by atoms with E-state index >= 15 is 0 Å². The fourth-order valence-corrected chi connectivity index (χ4v) is 1.04. The second-order valence-electron chi connectivity index (χ2n) is 3.57. The first-order chi connectivity index (χ1) is 6.61.